The molecule has 2 unspecified atom stereocenters. The predicted molar refractivity (Wildman–Crippen MR) is 220 cm³/mol. The number of ether oxygens (including phenoxy) is 3. The predicted octanol–water partition coefficient (Wildman–Crippen LogP) is 14.8. The van der Waals surface area contributed by atoms with E-state index in [4.69, 9.17) is 14.2 Å². The van der Waals surface area contributed by atoms with E-state index in [0.29, 0.717) is 12.2 Å². The van der Waals surface area contributed by atoms with Crippen molar-refractivity contribution in [3.05, 3.63) is 70.8 Å². The molecule has 0 aromatic heterocycles. The molecule has 51 heavy (non-hydrogen) atoms. The SMILES string of the molecule is CCCCCCCCCCCCCC=Cc1cccc(Oc2cccc(C=CCCCCCCCCCCCCC)c2CC2CO2)c1CC1CO1. The van der Waals surface area contributed by atoms with Crippen molar-refractivity contribution >= 4 is 12.2 Å². The van der Waals surface area contributed by atoms with Crippen LogP contribution in [-0.2, 0) is 22.3 Å². The van der Waals surface area contributed by atoms with Crippen molar-refractivity contribution in [3.63, 3.8) is 0 Å². The second-order valence-corrected chi connectivity index (χ2v) is 15.5. The average Bonchev–Trinajstić information content (AvgIpc) is 4.09. The molecule has 3 heteroatoms. The maximum Gasteiger partial charge on any atom is 0.131 e. The Balaban J connectivity index is 1.25. The summed E-state index contributed by atoms with van der Waals surface area (Å²) in [5, 5.41) is 0. The van der Waals surface area contributed by atoms with Gasteiger partial charge in [0.05, 0.1) is 25.4 Å². The lowest BCUT2D eigenvalue weighted by Gasteiger charge is -2.17. The molecule has 0 amide bonds. The summed E-state index contributed by atoms with van der Waals surface area (Å²) in [4.78, 5) is 0. The topological polar surface area (TPSA) is 34.3 Å². The molecule has 0 radical (unpaired) electrons. The van der Waals surface area contributed by atoms with Gasteiger partial charge in [0.2, 0.25) is 0 Å². The van der Waals surface area contributed by atoms with Crippen molar-refractivity contribution in [2.45, 2.75) is 193 Å². The lowest BCUT2D eigenvalue weighted by Crippen LogP contribution is -2.03. The number of epoxide rings is 2. The summed E-state index contributed by atoms with van der Waals surface area (Å²) >= 11 is 0. The molecule has 2 aromatic rings. The van der Waals surface area contributed by atoms with Crippen molar-refractivity contribution in [1.82, 2.24) is 0 Å². The van der Waals surface area contributed by atoms with Gasteiger partial charge >= 0.3 is 0 Å². The van der Waals surface area contributed by atoms with Gasteiger partial charge in [0.1, 0.15) is 11.5 Å². The number of hydrogen-bond acceptors (Lipinski definition) is 3. The largest absolute Gasteiger partial charge is 0.457 e. The fraction of sp³-hybridized carbons (Fsp3) is 0.667. The summed E-state index contributed by atoms with van der Waals surface area (Å²) in [7, 11) is 0. The molecule has 284 valence electrons. The molecular weight excluding hydrogens is 625 g/mol. The highest BCUT2D eigenvalue weighted by molar-refractivity contribution is 5.61. The Hall–Kier alpha value is -2.36. The molecule has 2 fully saturated rings. The minimum Gasteiger partial charge on any atom is -0.457 e. The van der Waals surface area contributed by atoms with E-state index in [1.165, 1.54) is 164 Å². The number of allylic oxidation sites excluding steroid dienone is 2. The van der Waals surface area contributed by atoms with Crippen LogP contribution in [0.15, 0.2) is 48.6 Å². The van der Waals surface area contributed by atoms with Gasteiger partial charge in [0.25, 0.3) is 0 Å². The molecule has 0 saturated carbocycles. The molecule has 3 nitrogen and oxygen atoms in total. The van der Waals surface area contributed by atoms with E-state index in [-0.39, 0.29) is 0 Å². The lowest BCUT2D eigenvalue weighted by molar-refractivity contribution is 0.398. The molecular formula is C48H74O3. The number of rotatable bonds is 32. The third-order valence-corrected chi connectivity index (χ3v) is 10.8. The van der Waals surface area contributed by atoms with E-state index in [1.54, 1.807) is 0 Å². The smallest absolute Gasteiger partial charge is 0.131 e. The third kappa shape index (κ3) is 18.3. The van der Waals surface area contributed by atoms with Gasteiger partial charge in [-0.25, -0.2) is 0 Å². The van der Waals surface area contributed by atoms with Crippen molar-refractivity contribution in [1.29, 1.82) is 0 Å². The first-order chi connectivity index (χ1) is 25.3. The third-order valence-electron chi connectivity index (χ3n) is 10.8. The molecule has 2 saturated heterocycles. The van der Waals surface area contributed by atoms with Crippen LogP contribution in [0.5, 0.6) is 11.5 Å². The van der Waals surface area contributed by atoms with Crippen molar-refractivity contribution < 1.29 is 14.2 Å². The standard InChI is InChI=1S/C48H74O3/c1-3-5-7-9-11-13-15-17-19-21-23-25-27-31-41-33-29-35-47(45(41)37-43-39-49-43)51-48-36-30-34-42(46(48)38-44-40-50-44)32-28-26-24-22-20-18-16-14-12-10-8-6-4-2/h27-36,43-44H,3-26,37-40H2,1-2H3. The molecule has 2 aliphatic rings. The van der Waals surface area contributed by atoms with Gasteiger partial charge in [0.15, 0.2) is 0 Å². The van der Waals surface area contributed by atoms with Crippen LogP contribution >= 0.6 is 0 Å². The van der Waals surface area contributed by atoms with Crippen LogP contribution in [-0.4, -0.2) is 25.4 Å². The summed E-state index contributed by atoms with van der Waals surface area (Å²) < 4.78 is 18.3. The highest BCUT2D eigenvalue weighted by Gasteiger charge is 2.28. The number of hydrogen-bond donors (Lipinski definition) is 0. The van der Waals surface area contributed by atoms with E-state index in [1.807, 2.05) is 0 Å². The molecule has 2 aliphatic heterocycles. The van der Waals surface area contributed by atoms with E-state index >= 15 is 0 Å². The molecule has 2 heterocycles. The molecule has 0 aliphatic carbocycles. The van der Waals surface area contributed by atoms with Gasteiger partial charge in [-0.3, -0.25) is 0 Å². The first-order valence-corrected chi connectivity index (χ1v) is 21.8. The summed E-state index contributed by atoms with van der Waals surface area (Å²) in [6, 6.07) is 13.1. The fourth-order valence-corrected chi connectivity index (χ4v) is 7.32. The zero-order chi connectivity index (χ0) is 35.6. The van der Waals surface area contributed by atoms with Crippen molar-refractivity contribution in [2.75, 3.05) is 13.2 Å². The monoisotopic (exact) mass is 699 g/mol. The van der Waals surface area contributed by atoms with Crippen LogP contribution in [0.25, 0.3) is 12.2 Å². The first-order valence-electron chi connectivity index (χ1n) is 21.8. The van der Waals surface area contributed by atoms with Gasteiger partial charge in [-0.1, -0.05) is 191 Å². The maximum atomic E-state index is 6.84. The van der Waals surface area contributed by atoms with Crippen LogP contribution in [0.4, 0.5) is 0 Å². The second-order valence-electron chi connectivity index (χ2n) is 15.5. The Morgan fingerprint density at radius 2 is 0.824 bits per heavy atom. The summed E-state index contributed by atoms with van der Waals surface area (Å²) in [5.74, 6) is 1.92. The zero-order valence-electron chi connectivity index (χ0n) is 33.0. The maximum absolute atomic E-state index is 6.84. The molecule has 2 atom stereocenters. The van der Waals surface area contributed by atoms with Crippen molar-refractivity contribution in [3.8, 4) is 11.5 Å². The van der Waals surface area contributed by atoms with Gasteiger partial charge in [0, 0.05) is 24.0 Å². The van der Waals surface area contributed by atoms with E-state index in [9.17, 15) is 0 Å². The van der Waals surface area contributed by atoms with Crippen LogP contribution < -0.4 is 4.74 Å². The Morgan fingerprint density at radius 1 is 0.490 bits per heavy atom. The molecule has 0 N–H and O–H groups in total. The summed E-state index contributed by atoms with van der Waals surface area (Å²) in [6.07, 6.45) is 44.6. The molecule has 4 rings (SSSR count). The van der Waals surface area contributed by atoms with E-state index in [2.05, 4.69) is 74.5 Å². The normalized spacial score (nSPS) is 16.8. The number of unbranched alkanes of at least 4 members (excludes halogenated alkanes) is 22. The van der Waals surface area contributed by atoms with Gasteiger partial charge in [-0.05, 0) is 48.9 Å². The Kier molecular flexibility index (Phi) is 21.4. The van der Waals surface area contributed by atoms with Crippen LogP contribution in [0.1, 0.15) is 190 Å². The Labute approximate surface area is 314 Å². The van der Waals surface area contributed by atoms with Gasteiger partial charge < -0.3 is 14.2 Å². The van der Waals surface area contributed by atoms with E-state index in [0.717, 1.165) is 50.4 Å². The zero-order valence-corrected chi connectivity index (χ0v) is 33.0. The quantitative estimate of drug-likeness (QED) is 0.0563. The molecule has 2 aromatic carbocycles. The van der Waals surface area contributed by atoms with Crippen molar-refractivity contribution in [2.24, 2.45) is 0 Å². The lowest BCUT2D eigenvalue weighted by atomic mass is 9.99. The summed E-state index contributed by atoms with van der Waals surface area (Å²) in [5.41, 5.74) is 5.06. The minimum absolute atomic E-state index is 0.303. The highest BCUT2D eigenvalue weighted by atomic mass is 16.6. The van der Waals surface area contributed by atoms with Crippen LogP contribution in [0.3, 0.4) is 0 Å². The highest BCUT2D eigenvalue weighted by Crippen LogP contribution is 2.36. The Bertz CT molecular complexity index is 1140. The molecule has 0 spiro atoms. The minimum atomic E-state index is 0.303. The number of benzene rings is 2. The summed E-state index contributed by atoms with van der Waals surface area (Å²) in [6.45, 7) is 6.28. The van der Waals surface area contributed by atoms with Crippen LogP contribution in [0, 0.1) is 0 Å². The average molecular weight is 699 g/mol. The van der Waals surface area contributed by atoms with Crippen LogP contribution in [0.2, 0.25) is 0 Å². The second kappa shape index (κ2) is 26.4. The van der Waals surface area contributed by atoms with Gasteiger partial charge in [-0.15, -0.1) is 0 Å². The Morgan fingerprint density at radius 3 is 1.16 bits per heavy atom. The molecule has 0 bridgehead atoms. The first kappa shape index (κ1) is 41.4. The fourth-order valence-electron chi connectivity index (χ4n) is 7.32. The van der Waals surface area contributed by atoms with Gasteiger partial charge in [-0.2, -0.15) is 0 Å². The van der Waals surface area contributed by atoms with E-state index < -0.39 is 0 Å².